The van der Waals surface area contributed by atoms with Crippen LogP contribution in [0.5, 0.6) is 0 Å². The monoisotopic (exact) mass is 278 g/mol. The van der Waals surface area contributed by atoms with Gasteiger partial charge in [0.1, 0.15) is 11.3 Å². The Morgan fingerprint density at radius 1 is 1.21 bits per heavy atom. The van der Waals surface area contributed by atoms with Gasteiger partial charge in [0.2, 0.25) is 5.91 Å². The van der Waals surface area contributed by atoms with Crippen LogP contribution in [0.2, 0.25) is 0 Å². The van der Waals surface area contributed by atoms with Crippen molar-refractivity contribution in [2.75, 3.05) is 13.1 Å². The summed E-state index contributed by atoms with van der Waals surface area (Å²) in [4.78, 5) is 35.2. The molecule has 5 nitrogen and oxygen atoms in total. The number of Topliss-reactive ketones (excluding diaryl/α,β-unsaturated/α-hetero) is 1. The summed E-state index contributed by atoms with van der Waals surface area (Å²) in [6, 6.07) is 0. The highest BCUT2D eigenvalue weighted by atomic mass is 19.4. The Bertz CT molecular complexity index is 423. The minimum atomic E-state index is -5.01. The largest absolute Gasteiger partial charge is 0.471 e. The molecule has 106 valence electrons. The van der Waals surface area contributed by atoms with Crippen molar-refractivity contribution >= 4 is 17.6 Å². The SMILES string of the molecule is O=C1CCC2(CC1)C(=O)NCCN2C(=O)C(F)(F)F. The van der Waals surface area contributed by atoms with Crippen LogP contribution in [0.15, 0.2) is 0 Å². The quantitative estimate of drug-likeness (QED) is 0.697. The lowest BCUT2D eigenvalue weighted by Crippen LogP contribution is -2.69. The zero-order valence-corrected chi connectivity index (χ0v) is 10.0. The minimum Gasteiger partial charge on any atom is -0.352 e. The van der Waals surface area contributed by atoms with E-state index in [1.54, 1.807) is 0 Å². The average Bonchev–Trinajstić information content (AvgIpc) is 2.34. The van der Waals surface area contributed by atoms with E-state index in [-0.39, 0.29) is 44.6 Å². The number of hydrogen-bond donors (Lipinski definition) is 1. The third-order valence-corrected chi connectivity index (χ3v) is 3.68. The Morgan fingerprint density at radius 2 is 1.79 bits per heavy atom. The molecule has 2 amide bonds. The molecule has 0 aromatic rings. The van der Waals surface area contributed by atoms with E-state index in [9.17, 15) is 27.6 Å². The summed E-state index contributed by atoms with van der Waals surface area (Å²) in [7, 11) is 0. The van der Waals surface area contributed by atoms with Crippen LogP contribution in [0.1, 0.15) is 25.7 Å². The van der Waals surface area contributed by atoms with E-state index in [1.165, 1.54) is 0 Å². The van der Waals surface area contributed by atoms with Gasteiger partial charge in [0.25, 0.3) is 0 Å². The third kappa shape index (κ3) is 2.31. The van der Waals surface area contributed by atoms with Gasteiger partial charge in [0.15, 0.2) is 0 Å². The maximum Gasteiger partial charge on any atom is 0.471 e. The van der Waals surface area contributed by atoms with Gasteiger partial charge in [0, 0.05) is 25.9 Å². The van der Waals surface area contributed by atoms with Gasteiger partial charge in [-0.05, 0) is 12.8 Å². The Kier molecular flexibility index (Phi) is 3.27. The van der Waals surface area contributed by atoms with Crippen LogP contribution in [-0.4, -0.2) is 47.3 Å². The van der Waals surface area contributed by atoms with Crippen molar-refractivity contribution in [2.45, 2.75) is 37.4 Å². The number of carbonyl (C=O) groups excluding carboxylic acids is 3. The number of ketones is 1. The highest BCUT2D eigenvalue weighted by Crippen LogP contribution is 2.36. The number of halogens is 3. The summed E-state index contributed by atoms with van der Waals surface area (Å²) in [6.07, 6.45) is -5.05. The molecule has 2 rings (SSSR count). The lowest BCUT2D eigenvalue weighted by molar-refractivity contribution is -0.195. The van der Waals surface area contributed by atoms with E-state index in [0.29, 0.717) is 4.90 Å². The summed E-state index contributed by atoms with van der Waals surface area (Å²) in [5.41, 5.74) is -1.52. The van der Waals surface area contributed by atoms with Gasteiger partial charge in [-0.3, -0.25) is 14.4 Å². The van der Waals surface area contributed by atoms with Gasteiger partial charge >= 0.3 is 12.1 Å². The fourth-order valence-electron chi connectivity index (χ4n) is 2.67. The van der Waals surface area contributed by atoms with Gasteiger partial charge < -0.3 is 10.2 Å². The second-order valence-electron chi connectivity index (χ2n) is 4.78. The predicted octanol–water partition coefficient (Wildman–Crippen LogP) is 0.389. The van der Waals surface area contributed by atoms with Crippen LogP contribution in [0.25, 0.3) is 0 Å². The molecule has 1 heterocycles. The number of carbonyl (C=O) groups is 3. The van der Waals surface area contributed by atoms with Gasteiger partial charge in [-0.25, -0.2) is 0 Å². The lowest BCUT2D eigenvalue weighted by Gasteiger charge is -2.47. The smallest absolute Gasteiger partial charge is 0.352 e. The van der Waals surface area contributed by atoms with Crippen LogP contribution >= 0.6 is 0 Å². The molecule has 1 aliphatic carbocycles. The zero-order chi connectivity index (χ0) is 14.3. The number of amides is 2. The molecule has 2 fully saturated rings. The van der Waals surface area contributed by atoms with Crippen molar-refractivity contribution in [3.63, 3.8) is 0 Å². The fraction of sp³-hybridized carbons (Fsp3) is 0.727. The number of hydrogen-bond acceptors (Lipinski definition) is 3. The molecule has 1 aliphatic heterocycles. The molecular weight excluding hydrogens is 265 g/mol. The average molecular weight is 278 g/mol. The van der Waals surface area contributed by atoms with Crippen molar-refractivity contribution in [1.29, 1.82) is 0 Å². The minimum absolute atomic E-state index is 0.00362. The Morgan fingerprint density at radius 3 is 2.32 bits per heavy atom. The van der Waals surface area contributed by atoms with Crippen LogP contribution < -0.4 is 5.32 Å². The highest BCUT2D eigenvalue weighted by molar-refractivity contribution is 5.96. The summed E-state index contributed by atoms with van der Waals surface area (Å²) in [6.45, 7) is -0.186. The Balaban J connectivity index is 2.32. The molecule has 0 bridgehead atoms. The van der Waals surface area contributed by atoms with E-state index in [1.807, 2.05) is 0 Å². The highest BCUT2D eigenvalue weighted by Gasteiger charge is 2.55. The molecule has 0 radical (unpaired) electrons. The maximum atomic E-state index is 12.6. The molecule has 1 saturated heterocycles. The van der Waals surface area contributed by atoms with Crippen molar-refractivity contribution in [3.8, 4) is 0 Å². The number of rotatable bonds is 0. The second kappa shape index (κ2) is 4.50. The molecule has 2 aliphatic rings. The molecule has 8 heteroatoms. The van der Waals surface area contributed by atoms with E-state index < -0.39 is 23.5 Å². The van der Waals surface area contributed by atoms with Crippen LogP contribution in [0.3, 0.4) is 0 Å². The molecule has 1 N–H and O–H groups in total. The van der Waals surface area contributed by atoms with Crippen molar-refractivity contribution in [2.24, 2.45) is 0 Å². The van der Waals surface area contributed by atoms with Gasteiger partial charge in [-0.2, -0.15) is 13.2 Å². The third-order valence-electron chi connectivity index (χ3n) is 3.68. The number of alkyl halides is 3. The molecule has 0 aromatic heterocycles. The van der Waals surface area contributed by atoms with Crippen LogP contribution in [0.4, 0.5) is 13.2 Å². The zero-order valence-electron chi connectivity index (χ0n) is 10.0. The van der Waals surface area contributed by atoms with Gasteiger partial charge in [-0.1, -0.05) is 0 Å². The molecule has 1 saturated carbocycles. The van der Waals surface area contributed by atoms with Gasteiger partial charge in [0.05, 0.1) is 0 Å². The fourth-order valence-corrected chi connectivity index (χ4v) is 2.67. The van der Waals surface area contributed by atoms with Crippen molar-refractivity contribution in [3.05, 3.63) is 0 Å². The molecular formula is C11H13F3N2O3. The first-order chi connectivity index (χ1) is 8.77. The predicted molar refractivity (Wildman–Crippen MR) is 57.0 cm³/mol. The van der Waals surface area contributed by atoms with Crippen molar-refractivity contribution in [1.82, 2.24) is 10.2 Å². The first-order valence-electron chi connectivity index (χ1n) is 5.96. The Hall–Kier alpha value is -1.60. The summed E-state index contributed by atoms with van der Waals surface area (Å²) in [5.74, 6) is -2.69. The molecule has 0 atom stereocenters. The molecule has 0 unspecified atom stereocenters. The van der Waals surface area contributed by atoms with Crippen LogP contribution in [0, 0.1) is 0 Å². The van der Waals surface area contributed by atoms with E-state index in [0.717, 1.165) is 0 Å². The second-order valence-corrected chi connectivity index (χ2v) is 4.78. The first-order valence-corrected chi connectivity index (χ1v) is 5.96. The Labute approximate surface area is 107 Å². The van der Waals surface area contributed by atoms with E-state index in [2.05, 4.69) is 5.32 Å². The molecule has 0 aromatic carbocycles. The van der Waals surface area contributed by atoms with E-state index in [4.69, 9.17) is 0 Å². The van der Waals surface area contributed by atoms with E-state index >= 15 is 0 Å². The summed E-state index contributed by atoms with van der Waals surface area (Å²) < 4.78 is 37.8. The maximum absolute atomic E-state index is 12.6. The first kappa shape index (κ1) is 13.8. The summed E-state index contributed by atoms with van der Waals surface area (Å²) >= 11 is 0. The topological polar surface area (TPSA) is 66.5 Å². The molecule has 1 spiro atoms. The number of piperazine rings is 1. The van der Waals surface area contributed by atoms with Gasteiger partial charge in [-0.15, -0.1) is 0 Å². The molecule has 19 heavy (non-hydrogen) atoms. The number of nitrogens with zero attached hydrogens (tertiary/aromatic N) is 1. The lowest BCUT2D eigenvalue weighted by atomic mass is 9.77. The standard InChI is InChI=1S/C11H13F3N2O3/c12-11(13,14)9(19)16-6-5-15-8(18)10(16)3-1-7(17)2-4-10/h1-6H2,(H,15,18). The van der Waals surface area contributed by atoms with Crippen LogP contribution in [-0.2, 0) is 14.4 Å². The number of nitrogens with one attached hydrogen (secondary N) is 1. The van der Waals surface area contributed by atoms with Crippen molar-refractivity contribution < 1.29 is 27.6 Å². The normalized spacial score (nSPS) is 23.4. The summed E-state index contributed by atoms with van der Waals surface area (Å²) in [5, 5.41) is 2.48.